The fourth-order valence-corrected chi connectivity index (χ4v) is 2.74. The van der Waals surface area contributed by atoms with Crippen molar-refractivity contribution in [3.8, 4) is 11.5 Å². The molecule has 0 aliphatic carbocycles. The number of esters is 1. The monoisotopic (exact) mass is 448 g/mol. The second kappa shape index (κ2) is 10.6. The number of carboxylic acids is 1. The van der Waals surface area contributed by atoms with E-state index in [1.807, 2.05) is 0 Å². The second-order valence-corrected chi connectivity index (χ2v) is 6.69. The number of carbonyl (C=O) groups is 3. The summed E-state index contributed by atoms with van der Waals surface area (Å²) in [6.07, 6.45) is 3.59. The molecule has 9 heteroatoms. The molecule has 0 spiro atoms. The number of hydrazone groups is 1. The van der Waals surface area contributed by atoms with Crippen LogP contribution in [0.2, 0.25) is 0 Å². The van der Waals surface area contributed by atoms with E-state index in [4.69, 9.17) is 19.0 Å². The van der Waals surface area contributed by atoms with Gasteiger partial charge in [-0.25, -0.2) is 9.59 Å². The third kappa shape index (κ3) is 5.95. The van der Waals surface area contributed by atoms with Crippen molar-refractivity contribution >= 4 is 35.7 Å². The zero-order chi connectivity index (χ0) is 23.8. The lowest BCUT2D eigenvalue weighted by Gasteiger charge is -2.09. The Bertz CT molecular complexity index is 1230. The number of nitrogens with one attached hydrogen (secondary N) is 1. The molecule has 3 aromatic rings. The zero-order valence-corrected chi connectivity index (χ0v) is 17.8. The van der Waals surface area contributed by atoms with Crippen LogP contribution in [0.15, 0.2) is 76.0 Å². The number of carbonyl (C=O) groups excluding carboxylic acids is 2. The van der Waals surface area contributed by atoms with Crippen LogP contribution in [-0.2, 0) is 4.79 Å². The predicted molar refractivity (Wildman–Crippen MR) is 121 cm³/mol. The summed E-state index contributed by atoms with van der Waals surface area (Å²) in [7, 11) is 1.43. The number of furan rings is 1. The normalized spacial score (nSPS) is 11.6. The molecule has 0 bridgehead atoms. The van der Waals surface area contributed by atoms with Crippen molar-refractivity contribution in [3.05, 3.63) is 83.3 Å². The molecule has 1 heterocycles. The highest BCUT2D eigenvalue weighted by molar-refractivity contribution is 6.17. The van der Waals surface area contributed by atoms with Crippen molar-refractivity contribution in [1.29, 1.82) is 0 Å². The van der Waals surface area contributed by atoms with Crippen LogP contribution in [0.25, 0.3) is 6.08 Å². The predicted octanol–water partition coefficient (Wildman–Crippen LogP) is 4.28. The minimum atomic E-state index is -1.06. The number of aromatic carboxylic acids is 1. The van der Waals surface area contributed by atoms with Gasteiger partial charge in [-0.1, -0.05) is 12.1 Å². The largest absolute Gasteiger partial charge is 0.493 e. The van der Waals surface area contributed by atoms with Crippen LogP contribution in [0, 0.1) is 0 Å². The Morgan fingerprint density at radius 1 is 1.09 bits per heavy atom. The van der Waals surface area contributed by atoms with Gasteiger partial charge in [-0.05, 0) is 61.0 Å². The van der Waals surface area contributed by atoms with E-state index in [1.54, 1.807) is 43.3 Å². The minimum absolute atomic E-state index is 0.0532. The van der Waals surface area contributed by atoms with Crippen molar-refractivity contribution in [2.75, 3.05) is 12.5 Å². The lowest BCUT2D eigenvalue weighted by atomic mass is 10.1. The average molecular weight is 448 g/mol. The van der Waals surface area contributed by atoms with Crippen LogP contribution in [-0.4, -0.2) is 36.2 Å². The molecular weight excluding hydrogens is 428 g/mol. The van der Waals surface area contributed by atoms with Crippen LogP contribution >= 0.6 is 0 Å². The molecule has 0 saturated heterocycles. The molecular formula is C24H20N2O7. The Labute approximate surface area is 188 Å². The number of aldehydes is 1. The minimum Gasteiger partial charge on any atom is -0.493 e. The first-order chi connectivity index (χ1) is 15.9. The van der Waals surface area contributed by atoms with Gasteiger partial charge >= 0.3 is 11.9 Å². The fourth-order valence-electron chi connectivity index (χ4n) is 2.74. The summed E-state index contributed by atoms with van der Waals surface area (Å²) in [5.74, 6) is -1.20. The van der Waals surface area contributed by atoms with Crippen molar-refractivity contribution in [2.24, 2.45) is 5.10 Å². The van der Waals surface area contributed by atoms with Crippen LogP contribution in [0.3, 0.4) is 0 Å². The van der Waals surface area contributed by atoms with E-state index in [0.717, 1.165) is 0 Å². The summed E-state index contributed by atoms with van der Waals surface area (Å²) in [4.78, 5) is 34.8. The highest BCUT2D eigenvalue weighted by Gasteiger charge is 2.15. The molecule has 0 unspecified atom stereocenters. The lowest BCUT2D eigenvalue weighted by Crippen LogP contribution is -2.08. The zero-order valence-electron chi connectivity index (χ0n) is 17.8. The Kier molecular flexibility index (Phi) is 7.38. The van der Waals surface area contributed by atoms with Gasteiger partial charge < -0.3 is 19.0 Å². The molecule has 33 heavy (non-hydrogen) atoms. The molecule has 0 atom stereocenters. The molecule has 1 aromatic heterocycles. The number of hydrogen-bond acceptors (Lipinski definition) is 8. The van der Waals surface area contributed by atoms with E-state index in [0.29, 0.717) is 23.2 Å². The van der Waals surface area contributed by atoms with Crippen LogP contribution in [0.5, 0.6) is 11.5 Å². The lowest BCUT2D eigenvalue weighted by molar-refractivity contribution is -0.104. The Morgan fingerprint density at radius 2 is 1.91 bits per heavy atom. The van der Waals surface area contributed by atoms with E-state index in [1.165, 1.54) is 37.6 Å². The maximum absolute atomic E-state index is 12.1. The quantitative estimate of drug-likeness (QED) is 0.124. The molecule has 168 valence electrons. The van der Waals surface area contributed by atoms with Gasteiger partial charge in [0.05, 0.1) is 30.3 Å². The van der Waals surface area contributed by atoms with Crippen LogP contribution in [0.1, 0.15) is 33.4 Å². The van der Waals surface area contributed by atoms with E-state index < -0.39 is 11.9 Å². The van der Waals surface area contributed by atoms with Gasteiger partial charge in [-0.15, -0.1) is 0 Å². The van der Waals surface area contributed by atoms with Gasteiger partial charge in [0.15, 0.2) is 17.8 Å². The van der Waals surface area contributed by atoms with E-state index in [9.17, 15) is 14.4 Å². The molecule has 2 N–H and O–H groups in total. The standard InChI is InChI=1S/C24H20N2O7/c1-15(25-26-19-6-3-5-17(13-19)23(28)29)18(14-27)11-16-8-9-20(22(12-16)31-2)33-24(30)21-7-4-10-32-21/h3-14,26H,1-2H3,(H,28,29)/b18-11+,25-15-. The fraction of sp³-hybridized carbons (Fsp3) is 0.0833. The van der Waals surface area contributed by atoms with Gasteiger partial charge in [0, 0.05) is 5.57 Å². The summed E-state index contributed by atoms with van der Waals surface area (Å²) < 4.78 is 15.6. The number of anilines is 1. The number of ether oxygens (including phenoxy) is 2. The third-order valence-electron chi connectivity index (χ3n) is 4.44. The number of hydrogen-bond donors (Lipinski definition) is 2. The molecule has 2 aromatic carbocycles. The molecule has 3 rings (SSSR count). The SMILES string of the molecule is COc1cc(/C=C(C=O)/C(C)=N\Nc2cccc(C(=O)O)c2)ccc1OC(=O)c1ccco1. The number of benzene rings is 2. The molecule has 0 fully saturated rings. The topological polar surface area (TPSA) is 127 Å². The van der Waals surface area contributed by atoms with E-state index >= 15 is 0 Å². The third-order valence-corrected chi connectivity index (χ3v) is 4.44. The Morgan fingerprint density at radius 3 is 2.58 bits per heavy atom. The number of carboxylic acid groups (broad SMARTS) is 1. The smallest absolute Gasteiger partial charge is 0.379 e. The highest BCUT2D eigenvalue weighted by Crippen LogP contribution is 2.29. The van der Waals surface area contributed by atoms with E-state index in [-0.39, 0.29) is 28.4 Å². The van der Waals surface area contributed by atoms with Crippen LogP contribution < -0.4 is 14.9 Å². The summed E-state index contributed by atoms with van der Waals surface area (Å²) in [5.41, 5.74) is 4.57. The van der Waals surface area contributed by atoms with Gasteiger partial charge in [-0.2, -0.15) is 5.10 Å². The number of allylic oxidation sites excluding steroid dienone is 1. The summed E-state index contributed by atoms with van der Waals surface area (Å²) in [6, 6.07) is 14.0. The molecule has 0 radical (unpaired) electrons. The first-order valence-electron chi connectivity index (χ1n) is 9.66. The number of nitrogens with zero attached hydrogens (tertiary/aromatic N) is 1. The van der Waals surface area contributed by atoms with Crippen molar-refractivity contribution < 1.29 is 33.4 Å². The first-order valence-corrected chi connectivity index (χ1v) is 9.66. The first kappa shape index (κ1) is 23.0. The number of rotatable bonds is 9. The van der Waals surface area contributed by atoms with E-state index in [2.05, 4.69) is 10.5 Å². The van der Waals surface area contributed by atoms with Crippen molar-refractivity contribution in [1.82, 2.24) is 0 Å². The van der Waals surface area contributed by atoms with Gasteiger partial charge in [-0.3, -0.25) is 10.2 Å². The average Bonchev–Trinajstić information content (AvgIpc) is 3.37. The van der Waals surface area contributed by atoms with Crippen molar-refractivity contribution in [3.63, 3.8) is 0 Å². The van der Waals surface area contributed by atoms with Gasteiger partial charge in [0.1, 0.15) is 0 Å². The summed E-state index contributed by atoms with van der Waals surface area (Å²) in [6.45, 7) is 1.63. The molecule has 0 amide bonds. The van der Waals surface area contributed by atoms with Crippen molar-refractivity contribution in [2.45, 2.75) is 6.92 Å². The maximum Gasteiger partial charge on any atom is 0.379 e. The van der Waals surface area contributed by atoms with Crippen LogP contribution in [0.4, 0.5) is 5.69 Å². The maximum atomic E-state index is 12.1. The summed E-state index contributed by atoms with van der Waals surface area (Å²) in [5, 5.41) is 13.2. The number of methoxy groups -OCH3 is 1. The molecule has 0 aliphatic heterocycles. The van der Waals surface area contributed by atoms with Gasteiger partial charge in [0.2, 0.25) is 5.76 Å². The van der Waals surface area contributed by atoms with Gasteiger partial charge in [0.25, 0.3) is 0 Å². The molecule has 0 saturated carbocycles. The highest BCUT2D eigenvalue weighted by atomic mass is 16.6. The molecule has 0 aliphatic rings. The molecule has 9 nitrogen and oxygen atoms in total. The summed E-state index contributed by atoms with van der Waals surface area (Å²) >= 11 is 0. The second-order valence-electron chi connectivity index (χ2n) is 6.69. The Balaban J connectivity index is 1.78. The Hall–Kier alpha value is -4.66.